The summed E-state index contributed by atoms with van der Waals surface area (Å²) < 4.78 is 0. The molecule has 100 valence electrons. The first-order valence-corrected chi connectivity index (χ1v) is 7.14. The highest BCUT2D eigenvalue weighted by Crippen LogP contribution is 2.29. The molecule has 0 saturated heterocycles. The Kier molecular flexibility index (Phi) is 4.73. The predicted molar refractivity (Wildman–Crippen MR) is 84.3 cm³/mol. The molecule has 0 aliphatic rings. The summed E-state index contributed by atoms with van der Waals surface area (Å²) in [5.74, 6) is 0. The van der Waals surface area contributed by atoms with Crippen molar-refractivity contribution in [3.8, 4) is 0 Å². The van der Waals surface area contributed by atoms with E-state index in [4.69, 9.17) is 23.2 Å². The van der Waals surface area contributed by atoms with Gasteiger partial charge < -0.3 is 5.32 Å². The zero-order valence-electron chi connectivity index (χ0n) is 11.1. The lowest BCUT2D eigenvalue weighted by atomic mass is 10.0. The molecule has 2 rings (SSSR count). The van der Waals surface area contributed by atoms with E-state index in [-0.39, 0.29) is 6.04 Å². The highest BCUT2D eigenvalue weighted by Gasteiger charge is 2.11. The van der Waals surface area contributed by atoms with Gasteiger partial charge in [0, 0.05) is 5.02 Å². The normalized spacial score (nSPS) is 12.2. The molecule has 1 atom stereocenters. The molecule has 2 aromatic rings. The van der Waals surface area contributed by atoms with Crippen molar-refractivity contribution in [2.45, 2.75) is 26.3 Å². The number of hydrogen-bond acceptors (Lipinski definition) is 1. The van der Waals surface area contributed by atoms with Crippen LogP contribution in [0.25, 0.3) is 0 Å². The van der Waals surface area contributed by atoms with Crippen LogP contribution in [0.4, 0.5) is 5.69 Å². The molecule has 1 unspecified atom stereocenters. The van der Waals surface area contributed by atoms with E-state index >= 15 is 0 Å². The van der Waals surface area contributed by atoms with Gasteiger partial charge in [-0.3, -0.25) is 0 Å². The molecule has 0 aliphatic carbocycles. The summed E-state index contributed by atoms with van der Waals surface area (Å²) >= 11 is 12.3. The molecule has 1 nitrogen and oxygen atoms in total. The Labute approximate surface area is 124 Å². The summed E-state index contributed by atoms with van der Waals surface area (Å²) in [5, 5.41) is 4.98. The Hall–Kier alpha value is -1.18. The van der Waals surface area contributed by atoms with Crippen molar-refractivity contribution in [3.05, 3.63) is 63.6 Å². The van der Waals surface area contributed by atoms with Gasteiger partial charge in [-0.15, -0.1) is 0 Å². The molecule has 0 aromatic heterocycles. The summed E-state index contributed by atoms with van der Waals surface area (Å²) in [6.07, 6.45) is 0.963. The molecule has 0 saturated carbocycles. The van der Waals surface area contributed by atoms with Crippen LogP contribution in [0.1, 0.15) is 30.5 Å². The maximum atomic E-state index is 6.26. The van der Waals surface area contributed by atoms with Crippen LogP contribution in [0.5, 0.6) is 0 Å². The van der Waals surface area contributed by atoms with Crippen LogP contribution < -0.4 is 5.32 Å². The van der Waals surface area contributed by atoms with Gasteiger partial charge in [0.1, 0.15) is 0 Å². The molecular formula is C16H17Cl2N. The number of hydrogen-bond donors (Lipinski definition) is 1. The second-order valence-electron chi connectivity index (χ2n) is 4.64. The van der Waals surface area contributed by atoms with Gasteiger partial charge in [-0.1, -0.05) is 48.3 Å². The predicted octanol–water partition coefficient (Wildman–Crippen LogP) is 5.87. The van der Waals surface area contributed by atoms with Crippen LogP contribution in [0.3, 0.4) is 0 Å². The van der Waals surface area contributed by atoms with Crippen LogP contribution in [0, 0.1) is 6.92 Å². The average Bonchev–Trinajstić information content (AvgIpc) is 2.38. The molecule has 0 fully saturated rings. The summed E-state index contributed by atoms with van der Waals surface area (Å²) in [5.41, 5.74) is 3.29. The summed E-state index contributed by atoms with van der Waals surface area (Å²) in [4.78, 5) is 0. The van der Waals surface area contributed by atoms with E-state index in [9.17, 15) is 0 Å². The van der Waals surface area contributed by atoms with E-state index in [0.29, 0.717) is 0 Å². The molecule has 3 heteroatoms. The maximum absolute atomic E-state index is 6.26. The lowest BCUT2D eigenvalue weighted by molar-refractivity contribution is 0.749. The van der Waals surface area contributed by atoms with Gasteiger partial charge in [-0.25, -0.2) is 0 Å². The van der Waals surface area contributed by atoms with Crippen molar-refractivity contribution < 1.29 is 0 Å². The minimum absolute atomic E-state index is 0.207. The third-order valence-corrected chi connectivity index (χ3v) is 3.66. The zero-order valence-corrected chi connectivity index (χ0v) is 12.6. The molecule has 0 spiro atoms. The number of benzene rings is 2. The minimum Gasteiger partial charge on any atom is -0.377 e. The van der Waals surface area contributed by atoms with Crippen molar-refractivity contribution in [2.24, 2.45) is 0 Å². The third-order valence-electron chi connectivity index (χ3n) is 3.11. The molecule has 19 heavy (non-hydrogen) atoms. The quantitative estimate of drug-likeness (QED) is 0.744. The van der Waals surface area contributed by atoms with E-state index < -0.39 is 0 Å². The molecule has 0 amide bonds. The monoisotopic (exact) mass is 293 g/mol. The minimum atomic E-state index is 0.207. The van der Waals surface area contributed by atoms with Gasteiger partial charge in [0.25, 0.3) is 0 Å². The number of aryl methyl sites for hydroxylation is 1. The van der Waals surface area contributed by atoms with Crippen LogP contribution >= 0.6 is 23.2 Å². The maximum Gasteiger partial charge on any atom is 0.0640 e. The van der Waals surface area contributed by atoms with E-state index in [1.807, 2.05) is 37.3 Å². The average molecular weight is 294 g/mol. The lowest BCUT2D eigenvalue weighted by Crippen LogP contribution is -2.10. The molecule has 0 radical (unpaired) electrons. The summed E-state index contributed by atoms with van der Waals surface area (Å²) in [7, 11) is 0. The molecule has 2 aromatic carbocycles. The molecule has 1 N–H and O–H groups in total. The SMILES string of the molecule is CCC(Nc1ccc(C)cc1Cl)c1cccc(Cl)c1. The van der Waals surface area contributed by atoms with Gasteiger partial charge >= 0.3 is 0 Å². The first-order valence-electron chi connectivity index (χ1n) is 6.38. The van der Waals surface area contributed by atoms with E-state index in [1.165, 1.54) is 5.56 Å². The standard InChI is InChI=1S/C16H17Cl2N/c1-3-15(12-5-4-6-13(17)10-12)19-16-8-7-11(2)9-14(16)18/h4-10,15,19H,3H2,1-2H3. The smallest absolute Gasteiger partial charge is 0.0640 e. The van der Waals surface area contributed by atoms with Crippen LogP contribution in [0.2, 0.25) is 10.0 Å². The fourth-order valence-electron chi connectivity index (χ4n) is 2.07. The van der Waals surface area contributed by atoms with Crippen LogP contribution in [-0.2, 0) is 0 Å². The second-order valence-corrected chi connectivity index (χ2v) is 5.49. The van der Waals surface area contributed by atoms with Crippen molar-refractivity contribution in [3.63, 3.8) is 0 Å². The topological polar surface area (TPSA) is 12.0 Å². The number of halogens is 2. The Balaban J connectivity index is 2.24. The Bertz CT molecular complexity index is 566. The Morgan fingerprint density at radius 1 is 1.11 bits per heavy atom. The largest absolute Gasteiger partial charge is 0.377 e. The highest BCUT2D eigenvalue weighted by atomic mass is 35.5. The fourth-order valence-corrected chi connectivity index (χ4v) is 2.56. The third kappa shape index (κ3) is 3.65. The highest BCUT2D eigenvalue weighted by molar-refractivity contribution is 6.33. The summed E-state index contributed by atoms with van der Waals surface area (Å²) in [6.45, 7) is 4.17. The van der Waals surface area contributed by atoms with Gasteiger partial charge in [0.05, 0.1) is 16.8 Å². The molecule has 0 aliphatic heterocycles. The number of rotatable bonds is 4. The van der Waals surface area contributed by atoms with E-state index in [0.717, 1.165) is 27.7 Å². The van der Waals surface area contributed by atoms with Gasteiger partial charge in [-0.2, -0.15) is 0 Å². The van der Waals surface area contributed by atoms with Crippen LogP contribution in [-0.4, -0.2) is 0 Å². The van der Waals surface area contributed by atoms with Crippen molar-refractivity contribution in [1.82, 2.24) is 0 Å². The molecule has 0 bridgehead atoms. The van der Waals surface area contributed by atoms with Gasteiger partial charge in [-0.05, 0) is 48.7 Å². The van der Waals surface area contributed by atoms with E-state index in [2.05, 4.69) is 24.4 Å². The number of anilines is 1. The van der Waals surface area contributed by atoms with Crippen molar-refractivity contribution in [2.75, 3.05) is 5.32 Å². The Morgan fingerprint density at radius 2 is 1.89 bits per heavy atom. The van der Waals surface area contributed by atoms with Crippen molar-refractivity contribution >= 4 is 28.9 Å². The van der Waals surface area contributed by atoms with Crippen molar-refractivity contribution in [1.29, 1.82) is 0 Å². The molecule has 0 heterocycles. The Morgan fingerprint density at radius 3 is 2.53 bits per heavy atom. The first kappa shape index (κ1) is 14.2. The zero-order chi connectivity index (χ0) is 13.8. The van der Waals surface area contributed by atoms with Gasteiger partial charge in [0.15, 0.2) is 0 Å². The summed E-state index contributed by atoms with van der Waals surface area (Å²) in [6, 6.07) is 14.2. The van der Waals surface area contributed by atoms with E-state index in [1.54, 1.807) is 0 Å². The van der Waals surface area contributed by atoms with Gasteiger partial charge in [0.2, 0.25) is 0 Å². The first-order chi connectivity index (χ1) is 9.10. The molecular weight excluding hydrogens is 277 g/mol. The second kappa shape index (κ2) is 6.31. The fraction of sp³-hybridized carbons (Fsp3) is 0.250. The lowest BCUT2D eigenvalue weighted by Gasteiger charge is -2.20. The number of nitrogens with one attached hydrogen (secondary N) is 1. The van der Waals surface area contributed by atoms with Crippen LogP contribution in [0.15, 0.2) is 42.5 Å².